The van der Waals surface area contributed by atoms with Crippen LogP contribution < -0.4 is 19.9 Å². The van der Waals surface area contributed by atoms with Gasteiger partial charge >= 0.3 is 0 Å². The Morgan fingerprint density at radius 2 is 1.77 bits per heavy atom. The molecule has 1 N–H and O–H groups in total. The molecule has 0 bridgehead atoms. The molecule has 0 spiro atoms. The smallest absolute Gasteiger partial charge is 0.270 e. The van der Waals surface area contributed by atoms with E-state index in [0.29, 0.717) is 18.0 Å². The summed E-state index contributed by atoms with van der Waals surface area (Å²) in [6.45, 7) is 8.28. The van der Waals surface area contributed by atoms with Gasteiger partial charge in [-0.3, -0.25) is 9.59 Å². The zero-order chi connectivity index (χ0) is 22.0. The molecule has 0 unspecified atom stereocenters. The maximum Gasteiger partial charge on any atom is 0.270 e. The highest BCUT2D eigenvalue weighted by Gasteiger charge is 2.40. The van der Waals surface area contributed by atoms with E-state index in [1.54, 1.807) is 18.7 Å². The highest BCUT2D eigenvalue weighted by atomic mass is 16.5. The zero-order valence-electron chi connectivity index (χ0n) is 18.6. The number of para-hydroxylation sites is 2. The Bertz CT molecular complexity index is 947. The van der Waals surface area contributed by atoms with Gasteiger partial charge in [0, 0.05) is 37.4 Å². The van der Waals surface area contributed by atoms with Crippen molar-refractivity contribution in [1.82, 2.24) is 0 Å². The summed E-state index contributed by atoms with van der Waals surface area (Å²) >= 11 is 0. The average molecular weight is 422 g/mol. The molecule has 6 heteroatoms. The largest absolute Gasteiger partial charge is 0.476 e. The van der Waals surface area contributed by atoms with Gasteiger partial charge in [0.25, 0.3) is 5.91 Å². The number of benzene rings is 2. The van der Waals surface area contributed by atoms with Gasteiger partial charge in [0.2, 0.25) is 5.91 Å². The van der Waals surface area contributed by atoms with Crippen molar-refractivity contribution in [2.75, 3.05) is 34.8 Å². The van der Waals surface area contributed by atoms with Crippen molar-refractivity contribution in [3.8, 4) is 5.75 Å². The summed E-state index contributed by atoms with van der Waals surface area (Å²) in [6.07, 6.45) is 2.65. The number of amides is 2. The van der Waals surface area contributed by atoms with Crippen molar-refractivity contribution < 1.29 is 14.3 Å². The molecule has 1 fully saturated rings. The van der Waals surface area contributed by atoms with Crippen molar-refractivity contribution in [2.24, 2.45) is 5.92 Å². The topological polar surface area (TPSA) is 61.9 Å². The van der Waals surface area contributed by atoms with E-state index in [0.717, 1.165) is 24.7 Å². The molecule has 2 amide bonds. The van der Waals surface area contributed by atoms with Gasteiger partial charge in [-0.1, -0.05) is 19.1 Å². The Morgan fingerprint density at radius 3 is 2.48 bits per heavy atom. The summed E-state index contributed by atoms with van der Waals surface area (Å²) in [4.78, 5) is 29.5. The van der Waals surface area contributed by atoms with Gasteiger partial charge in [0.05, 0.1) is 5.69 Å². The Labute approximate surface area is 184 Å². The normalized spacial score (nSPS) is 18.4. The quantitative estimate of drug-likeness (QED) is 0.775. The molecule has 0 radical (unpaired) electrons. The number of rotatable bonds is 5. The molecule has 0 aromatic heterocycles. The third-order valence-electron chi connectivity index (χ3n) is 6.14. The number of hydrogen-bond acceptors (Lipinski definition) is 4. The predicted octanol–water partition coefficient (Wildman–Crippen LogP) is 4.46. The minimum atomic E-state index is -0.951. The van der Waals surface area contributed by atoms with E-state index >= 15 is 0 Å². The molecule has 1 saturated heterocycles. The average Bonchev–Trinajstić information content (AvgIpc) is 2.75. The summed E-state index contributed by atoms with van der Waals surface area (Å²) in [5, 5.41) is 2.95. The number of nitrogens with one attached hydrogen (secondary N) is 1. The Morgan fingerprint density at radius 1 is 1.10 bits per heavy atom. The lowest BCUT2D eigenvalue weighted by Crippen LogP contribution is -2.53. The summed E-state index contributed by atoms with van der Waals surface area (Å²) in [5.41, 5.74) is 1.73. The second-order valence-corrected chi connectivity index (χ2v) is 9.05. The molecular formula is C25H31N3O3. The van der Waals surface area contributed by atoms with Crippen LogP contribution in [-0.2, 0) is 9.59 Å². The van der Waals surface area contributed by atoms with Crippen LogP contribution in [0.25, 0.3) is 0 Å². The van der Waals surface area contributed by atoms with Crippen LogP contribution in [-0.4, -0.2) is 37.0 Å². The summed E-state index contributed by atoms with van der Waals surface area (Å²) in [6, 6.07) is 15.5. The number of anilines is 3. The first kappa shape index (κ1) is 21.2. The Hall–Kier alpha value is -3.02. The number of nitrogens with zero attached hydrogens (tertiary/aromatic N) is 2. The maximum absolute atomic E-state index is 12.9. The lowest BCUT2D eigenvalue weighted by atomic mass is 9.99. The molecule has 2 heterocycles. The maximum atomic E-state index is 12.9. The Balaban J connectivity index is 1.35. The van der Waals surface area contributed by atoms with E-state index in [4.69, 9.17) is 4.74 Å². The van der Waals surface area contributed by atoms with Crippen LogP contribution in [0.3, 0.4) is 0 Å². The van der Waals surface area contributed by atoms with Crippen molar-refractivity contribution in [3.05, 3.63) is 48.5 Å². The summed E-state index contributed by atoms with van der Waals surface area (Å²) < 4.78 is 5.84. The van der Waals surface area contributed by atoms with Crippen molar-refractivity contribution >= 4 is 28.9 Å². The molecule has 2 aliphatic heterocycles. The number of carbonyl (C=O) groups excluding carboxylic acids is 2. The zero-order valence-corrected chi connectivity index (χ0v) is 18.6. The SMILES string of the molecule is CC1CCN(c2ccc(NC(=O)CCN3C(=O)C(C)(C)Oc4ccccc43)cc2)CC1. The molecular weight excluding hydrogens is 390 g/mol. The van der Waals surface area contributed by atoms with Gasteiger partial charge in [-0.15, -0.1) is 0 Å². The van der Waals surface area contributed by atoms with Crippen LogP contribution >= 0.6 is 0 Å². The highest BCUT2D eigenvalue weighted by Crippen LogP contribution is 2.37. The molecule has 0 saturated carbocycles. The minimum Gasteiger partial charge on any atom is -0.476 e. The van der Waals surface area contributed by atoms with Gasteiger partial charge < -0.3 is 19.9 Å². The van der Waals surface area contributed by atoms with E-state index in [1.165, 1.54) is 18.5 Å². The predicted molar refractivity (Wildman–Crippen MR) is 124 cm³/mol. The number of ether oxygens (including phenoxy) is 1. The van der Waals surface area contributed by atoms with E-state index in [9.17, 15) is 9.59 Å². The summed E-state index contributed by atoms with van der Waals surface area (Å²) in [7, 11) is 0. The van der Waals surface area contributed by atoms with Crippen molar-refractivity contribution in [1.29, 1.82) is 0 Å². The van der Waals surface area contributed by atoms with Gasteiger partial charge in [-0.25, -0.2) is 0 Å². The van der Waals surface area contributed by atoms with Crippen LogP contribution in [0.1, 0.15) is 40.0 Å². The number of hydrogen-bond donors (Lipinski definition) is 1. The van der Waals surface area contributed by atoms with Crippen LogP contribution in [0.15, 0.2) is 48.5 Å². The first-order valence-corrected chi connectivity index (χ1v) is 11.1. The molecule has 164 valence electrons. The summed E-state index contributed by atoms with van der Waals surface area (Å²) in [5.74, 6) is 1.20. The third-order valence-corrected chi connectivity index (χ3v) is 6.14. The molecule has 2 aromatic rings. The molecule has 6 nitrogen and oxygen atoms in total. The molecule has 0 atom stereocenters. The number of carbonyl (C=O) groups is 2. The third kappa shape index (κ3) is 4.68. The van der Waals surface area contributed by atoms with Crippen molar-refractivity contribution in [2.45, 2.75) is 45.6 Å². The second-order valence-electron chi connectivity index (χ2n) is 9.05. The standard InChI is InChI=1S/C25H31N3O3/c1-18-12-15-27(16-13-18)20-10-8-19(9-11-20)26-23(29)14-17-28-21-6-4-5-7-22(21)31-25(2,3)24(28)30/h4-11,18H,12-17H2,1-3H3,(H,26,29). The van der Waals surface area contributed by atoms with E-state index in [2.05, 4.69) is 29.3 Å². The fourth-order valence-corrected chi connectivity index (χ4v) is 4.20. The first-order chi connectivity index (χ1) is 14.8. The van der Waals surface area contributed by atoms with Crippen LogP contribution in [0.4, 0.5) is 17.1 Å². The number of fused-ring (bicyclic) bond motifs is 1. The van der Waals surface area contributed by atoms with Gasteiger partial charge in [0.15, 0.2) is 5.60 Å². The Kier molecular flexibility index (Phi) is 5.90. The number of piperidine rings is 1. The first-order valence-electron chi connectivity index (χ1n) is 11.1. The lowest BCUT2D eigenvalue weighted by Gasteiger charge is -2.38. The van der Waals surface area contributed by atoms with E-state index < -0.39 is 5.60 Å². The molecule has 4 rings (SSSR count). The minimum absolute atomic E-state index is 0.117. The molecule has 2 aromatic carbocycles. The van der Waals surface area contributed by atoms with Gasteiger partial charge in [-0.05, 0) is 69.0 Å². The van der Waals surface area contributed by atoms with Crippen molar-refractivity contribution in [3.63, 3.8) is 0 Å². The molecule has 0 aliphatic carbocycles. The fourth-order valence-electron chi connectivity index (χ4n) is 4.20. The van der Waals surface area contributed by atoms with Crippen LogP contribution in [0.2, 0.25) is 0 Å². The van der Waals surface area contributed by atoms with E-state index in [1.807, 2.05) is 36.4 Å². The molecule has 31 heavy (non-hydrogen) atoms. The lowest BCUT2D eigenvalue weighted by molar-refractivity contribution is -0.132. The van der Waals surface area contributed by atoms with Gasteiger partial charge in [0.1, 0.15) is 5.75 Å². The highest BCUT2D eigenvalue weighted by molar-refractivity contribution is 6.03. The van der Waals surface area contributed by atoms with Gasteiger partial charge in [-0.2, -0.15) is 0 Å². The molecule has 2 aliphatic rings. The second kappa shape index (κ2) is 8.61. The van der Waals surface area contributed by atoms with Crippen LogP contribution in [0, 0.1) is 5.92 Å². The van der Waals surface area contributed by atoms with E-state index in [-0.39, 0.29) is 18.2 Å². The fraction of sp³-hybridized carbons (Fsp3) is 0.440. The van der Waals surface area contributed by atoms with Crippen LogP contribution in [0.5, 0.6) is 5.75 Å². The monoisotopic (exact) mass is 421 g/mol.